The fourth-order valence-corrected chi connectivity index (χ4v) is 12.8. The van der Waals surface area contributed by atoms with Crippen LogP contribution in [0.3, 0.4) is 0 Å². The highest BCUT2D eigenvalue weighted by Crippen LogP contribution is 2.42. The predicted molar refractivity (Wildman–Crippen MR) is 529 cm³/mol. The maximum atomic E-state index is 11.1. The van der Waals surface area contributed by atoms with Crippen molar-refractivity contribution in [2.24, 2.45) is 0 Å². The number of halogens is 2. The van der Waals surface area contributed by atoms with Crippen LogP contribution in [0.5, 0.6) is 40.2 Å². The van der Waals surface area contributed by atoms with Gasteiger partial charge in [0.15, 0.2) is 33.9 Å². The average Bonchev–Trinajstić information content (AvgIpc) is 1.69. The zero-order valence-electron chi connectivity index (χ0n) is 81.0. The first kappa shape index (κ1) is 117. The Kier molecular flexibility index (Phi) is 50.1. The van der Waals surface area contributed by atoms with Gasteiger partial charge in [-0.1, -0.05) is 71.7 Å². The summed E-state index contributed by atoms with van der Waals surface area (Å²) in [5.41, 5.74) is 19.6. The summed E-state index contributed by atoms with van der Waals surface area (Å²) in [6.45, 7) is 21.3. The molecule has 754 valence electrons. The van der Waals surface area contributed by atoms with Crippen LogP contribution in [0.2, 0.25) is 10.2 Å². The number of aromatic amines is 2. The van der Waals surface area contributed by atoms with Crippen LogP contribution in [0.1, 0.15) is 112 Å². The van der Waals surface area contributed by atoms with Gasteiger partial charge in [0.05, 0.1) is 129 Å². The van der Waals surface area contributed by atoms with E-state index in [1.54, 1.807) is 122 Å². The van der Waals surface area contributed by atoms with E-state index in [0.717, 1.165) is 28.6 Å². The molecule has 46 nitrogen and oxygen atoms in total. The minimum Gasteiger partial charge on any atom is -0.502 e. The van der Waals surface area contributed by atoms with Crippen molar-refractivity contribution in [3.8, 4) is 96.5 Å². The summed E-state index contributed by atoms with van der Waals surface area (Å²) in [7, 11) is 17.2. The zero-order valence-corrected chi connectivity index (χ0v) is 82.5. The maximum absolute atomic E-state index is 11.1. The second-order valence-electron chi connectivity index (χ2n) is 28.1. The number of nitro benzene ring substituents is 5. The highest BCUT2D eigenvalue weighted by Gasteiger charge is 2.27. The van der Waals surface area contributed by atoms with E-state index >= 15 is 0 Å². The van der Waals surface area contributed by atoms with Crippen LogP contribution in [0.25, 0.3) is 56.3 Å². The Morgan fingerprint density at radius 2 is 0.780 bits per heavy atom. The molecule has 3 atom stereocenters. The van der Waals surface area contributed by atoms with Crippen LogP contribution in [0.4, 0.5) is 39.8 Å². The molecule has 48 heteroatoms. The number of aromatic nitrogens is 12. The Morgan fingerprint density at radius 1 is 0.475 bits per heavy atom. The van der Waals surface area contributed by atoms with Crippen LogP contribution in [-0.2, 0) is 23.7 Å². The van der Waals surface area contributed by atoms with Crippen molar-refractivity contribution in [3.63, 3.8) is 0 Å². The molecule has 0 aliphatic carbocycles. The summed E-state index contributed by atoms with van der Waals surface area (Å²) in [6.07, 6.45) is 9.85. The molecule has 0 saturated heterocycles. The number of ether oxygens (including phenoxy) is 11. The number of allylic oxidation sites excluding steroid dienone is 1. The lowest BCUT2D eigenvalue weighted by atomic mass is 10.1. The van der Waals surface area contributed by atoms with Gasteiger partial charge in [0.1, 0.15) is 18.7 Å². The average molecular weight is 2000 g/mol. The van der Waals surface area contributed by atoms with Gasteiger partial charge in [-0.25, -0.2) is 14.0 Å². The number of aromatic hydroxyl groups is 1. The van der Waals surface area contributed by atoms with Gasteiger partial charge < -0.3 is 74.0 Å². The van der Waals surface area contributed by atoms with E-state index in [2.05, 4.69) is 57.8 Å². The summed E-state index contributed by atoms with van der Waals surface area (Å²) >= 11 is 11.1. The highest BCUT2D eigenvalue weighted by atomic mass is 35.5. The van der Waals surface area contributed by atoms with Gasteiger partial charge in [0.2, 0.25) is 35.2 Å². The molecule has 0 radical (unpaired) electrons. The number of phenolic OH excluding ortho intramolecular Hbond substituents is 1. The fourth-order valence-electron chi connectivity index (χ4n) is 12.3. The van der Waals surface area contributed by atoms with Crippen LogP contribution >= 0.6 is 23.2 Å². The standard InChI is InChI=1S/C14H17N3O4.2C14H19N3O2.2C10H9N3O3.C9H9NO4.C8H7NO4.C6H5Cl2N3O.C5H13NO2.C3H6/c1-4-21-10(2)16-9-8-12(15-16)11-6-5-7-13(17(18)19)14(11)20-3;2*1-4-19-10(2)17-9-8-13(16-17)11-6-5-7-12(15)14(11)18-3;2*1-16-10-7(8-5-6-11-12-8)3-2-4-9(10)13(14)15;1-6(11)7-4-3-5-8(10(12)13)9(7)14-2;1-5(10)6-3-2-4-7(8(6)11)9(12)13;1-9-6(12)5-3(7)2-4(8)10-11-5;1-6(2)5(7-3)8-4;1-3-2/h5-10H,4H2,1-3H3;2*5-10H,4,15H2,1-3H3;2*2-6H,1H3,(H,11,12);3-5H,1-2H3;2-4,11H,1H3;2H,1H3,(H,9,12);5H,1-4H3;3H,1H2,2H3. The number of methoxy groups -OCH3 is 8. The van der Waals surface area contributed by atoms with Crippen LogP contribution < -0.4 is 45.2 Å². The van der Waals surface area contributed by atoms with E-state index in [4.69, 9.17) is 86.8 Å². The monoisotopic (exact) mass is 1990 g/mol. The first-order valence-electron chi connectivity index (χ1n) is 42.1. The third kappa shape index (κ3) is 34.5. The van der Waals surface area contributed by atoms with Crippen molar-refractivity contribution in [2.75, 3.05) is 109 Å². The number of anilines is 2. The number of nitrogen functional groups attached to an aromatic ring is 2. The number of hydrogen-bond donors (Lipinski definition) is 6. The van der Waals surface area contributed by atoms with Crippen LogP contribution in [-0.4, -0.2) is 216 Å². The fraction of sp³-hybridized carbons (Fsp3) is 0.290. The molecule has 141 heavy (non-hydrogen) atoms. The number of nitro groups is 5. The van der Waals surface area contributed by atoms with Crippen molar-refractivity contribution >= 4 is 80.5 Å². The molecule has 0 fully saturated rings. The Balaban J connectivity index is 0.000000333. The van der Waals surface area contributed by atoms with Gasteiger partial charge >= 0.3 is 28.4 Å². The normalized spacial score (nSPS) is 10.8. The molecule has 6 aromatic heterocycles. The van der Waals surface area contributed by atoms with Gasteiger partial charge in [-0.05, 0) is 167 Å². The van der Waals surface area contributed by atoms with Gasteiger partial charge in [0.25, 0.3) is 5.91 Å². The Bertz CT molecular complexity index is 5940. The number of rotatable bonds is 31. The molecule has 3 unspecified atom stereocenters. The number of benzene rings is 7. The summed E-state index contributed by atoms with van der Waals surface area (Å²) in [5, 5.41) is 99.0. The molecular weight excluding hydrogens is 1880 g/mol. The molecule has 0 spiro atoms. The van der Waals surface area contributed by atoms with E-state index in [-0.39, 0.29) is 110 Å². The minimum atomic E-state index is -0.734. The summed E-state index contributed by atoms with van der Waals surface area (Å²) in [6, 6.07) is 44.0. The number of nitrogens with zero attached hydrogens (tertiary/aromatic N) is 16. The molecule has 8 N–H and O–H groups in total. The lowest BCUT2D eigenvalue weighted by Crippen LogP contribution is -2.30. The largest absolute Gasteiger partial charge is 0.502 e. The van der Waals surface area contributed by atoms with Gasteiger partial charge in [-0.15, -0.1) is 16.8 Å². The number of carbonyl (C=O) groups is 3. The first-order chi connectivity index (χ1) is 67.3. The van der Waals surface area contributed by atoms with E-state index in [1.807, 2.05) is 128 Å². The number of Topliss-reactive ketones (excluding diaryl/α,β-unsaturated/α-hetero) is 2. The third-order valence-corrected chi connectivity index (χ3v) is 19.1. The number of nitrogens with one attached hydrogen (secondary N) is 3. The smallest absolute Gasteiger partial charge is 0.311 e. The molecule has 7 aromatic carbocycles. The van der Waals surface area contributed by atoms with Crippen molar-refractivity contribution in [2.45, 2.75) is 87.4 Å². The Morgan fingerprint density at radius 3 is 1.06 bits per heavy atom. The number of carbonyl (C=O) groups excluding carboxylic acids is 3. The molecule has 0 aliphatic heterocycles. The number of ketones is 2. The number of amides is 1. The van der Waals surface area contributed by atoms with Crippen molar-refractivity contribution in [1.82, 2.24) is 70.2 Å². The number of phenols is 1. The zero-order chi connectivity index (χ0) is 105. The van der Waals surface area contributed by atoms with Crippen LogP contribution in [0, 0.1) is 50.6 Å². The predicted octanol–water partition coefficient (Wildman–Crippen LogP) is 18.2. The SMILES string of the molecule is C=CC.CC(=O)c1cccc([N+](=O)[O-])c1O.CCOC(C)n1ccc(-c2cccc(N)c2OC)n1.CCOC(C)n1ccc(-c2cccc(N)c2OC)n1.CCOC(C)n1ccc(-c2cccc([N+](=O)[O-])c2OC)n1.CNC(=O)c1nnc(Cl)cc1Cl.COC(OC)N(C)C.COc1c(-c2ccn[nH]2)cccc1[N+](=O)[O-].COc1c(-c2ccn[nH]2)cccc1[N+](=O)[O-].COc1c(C(C)=O)cccc1[N+](=O)[O-]. The quantitative estimate of drug-likeness (QED) is 0.00587. The van der Waals surface area contributed by atoms with Gasteiger partial charge in [-0.3, -0.25) is 80.1 Å². The van der Waals surface area contributed by atoms with Crippen molar-refractivity contribution in [1.29, 1.82) is 0 Å². The molecule has 13 rings (SSSR count). The summed E-state index contributed by atoms with van der Waals surface area (Å²) < 4.78 is 62.3. The van der Waals surface area contributed by atoms with Crippen LogP contribution in [0.15, 0.2) is 207 Å². The number of nitrogens with two attached hydrogens (primary N) is 2. The molecule has 0 aliphatic rings. The lowest BCUT2D eigenvalue weighted by Gasteiger charge is -2.19. The minimum absolute atomic E-state index is 0.0185. The lowest BCUT2D eigenvalue weighted by molar-refractivity contribution is -0.386. The van der Waals surface area contributed by atoms with Gasteiger partial charge in [-0.2, -0.15) is 25.5 Å². The topological polar surface area (TPSA) is 593 Å². The molecular formula is C93H113Cl2N21O25. The Labute approximate surface area is 821 Å². The molecule has 0 saturated carbocycles. The maximum Gasteiger partial charge on any atom is 0.311 e. The van der Waals surface area contributed by atoms with Gasteiger partial charge in [0, 0.05) is 125 Å². The third-order valence-electron chi connectivity index (χ3n) is 18.6. The number of H-pyrrole nitrogens is 2. The van der Waals surface area contributed by atoms with E-state index in [1.165, 1.54) is 104 Å². The second-order valence-corrected chi connectivity index (χ2v) is 28.9. The molecule has 1 amide bonds. The molecule has 13 aromatic rings. The van der Waals surface area contributed by atoms with E-state index in [9.17, 15) is 70.1 Å². The highest BCUT2D eigenvalue weighted by molar-refractivity contribution is 6.35. The Hall–Kier alpha value is -16.2. The molecule has 0 bridgehead atoms. The molecule has 6 heterocycles. The summed E-state index contributed by atoms with van der Waals surface area (Å²) in [5.74, 6) is 0.375. The second kappa shape index (κ2) is 60.4. The van der Waals surface area contributed by atoms with Crippen molar-refractivity contribution < 1.29 is 96.2 Å². The number of hydrogen-bond acceptors (Lipinski definition) is 35. The van der Waals surface area contributed by atoms with E-state index < -0.39 is 41.8 Å². The summed E-state index contributed by atoms with van der Waals surface area (Å²) in [4.78, 5) is 85.6. The van der Waals surface area contributed by atoms with Crippen molar-refractivity contribution in [3.05, 3.63) is 285 Å². The van der Waals surface area contributed by atoms with E-state index in [0.29, 0.717) is 76.5 Å². The number of para-hydroxylation sites is 7. The first-order valence-corrected chi connectivity index (χ1v) is 42.8.